The van der Waals surface area contributed by atoms with Crippen LogP contribution in [0.4, 0.5) is 11.4 Å². The number of aliphatic hydroxyl groups excluding tert-OH is 1. The van der Waals surface area contributed by atoms with Crippen molar-refractivity contribution in [2.24, 2.45) is 0 Å². The van der Waals surface area contributed by atoms with Crippen LogP contribution >= 0.6 is 0 Å². The molecule has 0 aromatic heterocycles. The number of benzene rings is 4. The Morgan fingerprint density at radius 1 is 0.719 bits per heavy atom. The molecule has 0 spiro atoms. The minimum absolute atomic E-state index is 0.00283. The van der Waals surface area contributed by atoms with Gasteiger partial charge in [-0.3, -0.25) is 9.59 Å². The fourth-order valence-corrected chi connectivity index (χ4v) is 7.72. The summed E-state index contributed by atoms with van der Waals surface area (Å²) in [5.41, 5.74) is 1.99. The molecular formula is C50H60N2O5. The Bertz CT molecular complexity index is 2480. The van der Waals surface area contributed by atoms with Gasteiger partial charge in [-0.1, -0.05) is 135 Å². The number of ether oxygens (including phenoxy) is 2. The van der Waals surface area contributed by atoms with Crippen LogP contribution in [0.3, 0.4) is 0 Å². The monoisotopic (exact) mass is 768 g/mol. The van der Waals surface area contributed by atoms with Crippen molar-refractivity contribution in [3.05, 3.63) is 121 Å². The predicted molar refractivity (Wildman–Crippen MR) is 236 cm³/mol. The van der Waals surface area contributed by atoms with Crippen LogP contribution in [0, 0.1) is 10.4 Å². The van der Waals surface area contributed by atoms with Gasteiger partial charge in [0.1, 0.15) is 22.8 Å². The van der Waals surface area contributed by atoms with E-state index >= 15 is 0 Å². The van der Waals surface area contributed by atoms with E-state index in [1.807, 2.05) is 61.5 Å². The van der Waals surface area contributed by atoms with Gasteiger partial charge in [0.05, 0.1) is 22.9 Å². The molecule has 0 fully saturated rings. The molecule has 0 atom stereocenters. The molecule has 4 aromatic rings. The minimum atomic E-state index is -0.555. The number of hydrogen-bond donors (Lipinski definition) is 2. The van der Waals surface area contributed by atoms with Gasteiger partial charge in [-0.15, -0.1) is 0 Å². The maximum absolute atomic E-state index is 14.5. The van der Waals surface area contributed by atoms with Crippen molar-refractivity contribution in [1.82, 2.24) is 4.98 Å². The lowest BCUT2D eigenvalue weighted by molar-refractivity contribution is 0.304. The average molecular weight is 769 g/mol. The van der Waals surface area contributed by atoms with Crippen molar-refractivity contribution in [2.75, 3.05) is 11.9 Å². The fourth-order valence-electron chi connectivity index (χ4n) is 7.72. The highest BCUT2D eigenvalue weighted by Gasteiger charge is 2.22. The molecule has 0 unspecified atom stereocenters. The van der Waals surface area contributed by atoms with Gasteiger partial charge >= 0.3 is 0 Å². The number of fused-ring (bicyclic) bond motifs is 2. The zero-order valence-electron chi connectivity index (χ0n) is 34.6. The molecule has 0 radical (unpaired) electrons. The molecule has 0 saturated heterocycles. The van der Waals surface area contributed by atoms with Gasteiger partial charge in [0.25, 0.3) is 5.56 Å². The first-order chi connectivity index (χ1) is 27.7. The number of anilines is 2. The summed E-state index contributed by atoms with van der Waals surface area (Å²) < 4.78 is 12.7. The molecule has 2 aliphatic rings. The molecule has 0 amide bonds. The van der Waals surface area contributed by atoms with Crippen LogP contribution in [0.1, 0.15) is 130 Å². The summed E-state index contributed by atoms with van der Waals surface area (Å²) in [6.07, 6.45) is 15.6. The topological polar surface area (TPSA) is 97.8 Å². The zero-order chi connectivity index (χ0) is 40.4. The van der Waals surface area contributed by atoms with Gasteiger partial charge < -0.3 is 19.9 Å². The Kier molecular flexibility index (Phi) is 14.1. The summed E-state index contributed by atoms with van der Waals surface area (Å²) in [6.45, 7) is 11.6. The maximum Gasteiger partial charge on any atom is 0.281 e. The first-order valence-electron chi connectivity index (χ1n) is 21.4. The average Bonchev–Trinajstić information content (AvgIpc) is 3.22. The Hall–Kier alpha value is -5.17. The van der Waals surface area contributed by atoms with Gasteiger partial charge in [-0.2, -0.15) is 0 Å². The first kappa shape index (κ1) is 41.5. The Morgan fingerprint density at radius 2 is 1.33 bits per heavy atom. The van der Waals surface area contributed by atoms with Crippen LogP contribution in [-0.4, -0.2) is 16.7 Å². The number of hydrogen-bond acceptors (Lipinski definition) is 7. The molecule has 6 rings (SSSR count). The summed E-state index contributed by atoms with van der Waals surface area (Å²) in [4.78, 5) is 33.1. The highest BCUT2D eigenvalue weighted by Crippen LogP contribution is 2.37. The van der Waals surface area contributed by atoms with E-state index in [4.69, 9.17) is 9.47 Å². The molecule has 1 aliphatic heterocycles. The lowest BCUT2D eigenvalue weighted by atomic mass is 9.82. The smallest absolute Gasteiger partial charge is 0.281 e. The van der Waals surface area contributed by atoms with E-state index in [1.165, 1.54) is 63.4 Å². The van der Waals surface area contributed by atoms with E-state index in [2.05, 4.69) is 50.1 Å². The maximum atomic E-state index is 14.5. The molecule has 1 heterocycles. The Balaban J connectivity index is 1.36. The molecule has 7 heteroatoms. The highest BCUT2D eigenvalue weighted by atomic mass is 16.5. The van der Waals surface area contributed by atoms with Gasteiger partial charge in [0, 0.05) is 34.0 Å². The molecule has 57 heavy (non-hydrogen) atoms. The lowest BCUT2D eigenvalue weighted by Crippen LogP contribution is -2.33. The van der Waals surface area contributed by atoms with E-state index in [0.717, 1.165) is 30.7 Å². The Labute approximate surface area is 337 Å². The summed E-state index contributed by atoms with van der Waals surface area (Å²) in [5.74, 6) is 1.68. The Morgan fingerprint density at radius 3 is 1.98 bits per heavy atom. The largest absolute Gasteiger partial charge is 0.511 e. The van der Waals surface area contributed by atoms with Crippen molar-refractivity contribution in [2.45, 2.75) is 130 Å². The number of unbranched alkanes of at least 4 members (excludes halogenated alkanes) is 10. The predicted octanol–water partition coefficient (Wildman–Crippen LogP) is 12.4. The van der Waals surface area contributed by atoms with E-state index in [1.54, 1.807) is 12.1 Å². The number of nitrogens with zero attached hydrogens (tertiary/aromatic N) is 1. The van der Waals surface area contributed by atoms with Crippen LogP contribution in [0.5, 0.6) is 17.2 Å². The fraction of sp³-hybridized carbons (Fsp3) is 0.420. The van der Waals surface area contributed by atoms with E-state index in [9.17, 15) is 14.7 Å². The quantitative estimate of drug-likeness (QED) is 0.0704. The molecule has 4 aromatic carbocycles. The van der Waals surface area contributed by atoms with Crippen LogP contribution in [0.15, 0.2) is 88.5 Å². The third kappa shape index (κ3) is 9.69. The SMILES string of the molecule is CCCCCCCCCCCCOc1ccc(Nc2cc(Oc3ccc(C(C)(C)CC)cc3)c3nc(=O)c(=C(O)CCCC)c4c5ccccc5c(=O)c2c3=4)cc1. The van der Waals surface area contributed by atoms with Crippen LogP contribution in [0.25, 0.3) is 27.4 Å². The van der Waals surface area contributed by atoms with Crippen molar-refractivity contribution >= 4 is 38.8 Å². The molecule has 300 valence electrons. The number of rotatable bonds is 21. The standard InChI is InChI=1S/C50H60N2O5/c1-6-9-11-12-13-14-15-16-17-20-32-56-36-30-26-35(27-31-36)51-40-33-42(57-37-28-24-34(25-29-37)50(4,5)8-3)47-46-43(45(49(55)52-47)41(53)23-10-7-2)38-21-18-19-22-39(38)48(54)44(40)46/h18-19,21-22,24-31,33,51,53H,6-17,20,23,32H2,1-5H3. The number of aliphatic hydroxyl groups is 1. The third-order valence-electron chi connectivity index (χ3n) is 11.6. The second-order valence-corrected chi connectivity index (χ2v) is 16.2. The van der Waals surface area contributed by atoms with Gasteiger partial charge in [-0.25, -0.2) is 4.98 Å². The van der Waals surface area contributed by atoms with Crippen molar-refractivity contribution in [1.29, 1.82) is 0 Å². The molecule has 7 nitrogen and oxygen atoms in total. The van der Waals surface area contributed by atoms with E-state index < -0.39 is 5.56 Å². The molecule has 0 bridgehead atoms. The van der Waals surface area contributed by atoms with Crippen molar-refractivity contribution in [3.8, 4) is 17.2 Å². The van der Waals surface area contributed by atoms with E-state index in [-0.39, 0.29) is 27.3 Å². The van der Waals surface area contributed by atoms with Crippen LogP contribution < -0.4 is 31.0 Å². The minimum Gasteiger partial charge on any atom is -0.511 e. The van der Waals surface area contributed by atoms with Gasteiger partial charge in [0.2, 0.25) is 0 Å². The third-order valence-corrected chi connectivity index (χ3v) is 11.6. The molecular weight excluding hydrogens is 709 g/mol. The molecule has 1 aliphatic carbocycles. The number of aromatic nitrogens is 1. The number of nitrogens with one attached hydrogen (secondary N) is 1. The van der Waals surface area contributed by atoms with E-state index in [0.29, 0.717) is 63.2 Å². The van der Waals surface area contributed by atoms with Crippen molar-refractivity contribution < 1.29 is 14.6 Å². The molecule has 2 N–H and O–H groups in total. The first-order valence-corrected chi connectivity index (χ1v) is 21.4. The molecule has 0 saturated carbocycles. The highest BCUT2D eigenvalue weighted by molar-refractivity contribution is 5.97. The summed E-state index contributed by atoms with van der Waals surface area (Å²) in [5, 5.41) is 17.5. The summed E-state index contributed by atoms with van der Waals surface area (Å²) in [6, 6.07) is 24.8. The van der Waals surface area contributed by atoms with Gasteiger partial charge in [-0.05, 0) is 72.0 Å². The second-order valence-electron chi connectivity index (χ2n) is 16.2. The van der Waals surface area contributed by atoms with Crippen LogP contribution in [-0.2, 0) is 5.41 Å². The van der Waals surface area contributed by atoms with Crippen molar-refractivity contribution in [3.63, 3.8) is 0 Å². The van der Waals surface area contributed by atoms with Gasteiger partial charge in [0.15, 0.2) is 11.2 Å². The summed E-state index contributed by atoms with van der Waals surface area (Å²) >= 11 is 0. The second kappa shape index (κ2) is 19.3. The van der Waals surface area contributed by atoms with Crippen LogP contribution in [0.2, 0.25) is 0 Å². The zero-order valence-corrected chi connectivity index (χ0v) is 34.6. The normalized spacial score (nSPS) is 12.4. The lowest BCUT2D eigenvalue weighted by Gasteiger charge is -2.23. The summed E-state index contributed by atoms with van der Waals surface area (Å²) in [7, 11) is 0.